The molecule has 0 aliphatic rings. The molecule has 1 aromatic heterocycles. The predicted octanol–water partition coefficient (Wildman–Crippen LogP) is 4.29. The summed E-state index contributed by atoms with van der Waals surface area (Å²) in [6.45, 7) is 3.97. The van der Waals surface area contributed by atoms with Crippen LogP contribution >= 0.6 is 11.3 Å². The first kappa shape index (κ1) is 11.2. The molecule has 0 amide bonds. The number of hydrogen-bond acceptors (Lipinski definition) is 3. The smallest absolute Gasteiger partial charge is 0.128 e. The number of aryl methyl sites for hydroxylation is 2. The number of thiazole rings is 1. The third-order valence-electron chi connectivity index (χ3n) is 3.01. The summed E-state index contributed by atoms with van der Waals surface area (Å²) < 4.78 is 1.16. The number of aromatic hydroxyl groups is 1. The Kier molecular flexibility index (Phi) is 2.56. The van der Waals surface area contributed by atoms with Crippen LogP contribution in [0.2, 0.25) is 0 Å². The van der Waals surface area contributed by atoms with Gasteiger partial charge in [-0.1, -0.05) is 18.2 Å². The van der Waals surface area contributed by atoms with E-state index in [0.717, 1.165) is 26.4 Å². The molecule has 90 valence electrons. The van der Waals surface area contributed by atoms with Crippen LogP contribution in [0.5, 0.6) is 5.75 Å². The molecular formula is C15H13NOS. The quantitative estimate of drug-likeness (QED) is 0.703. The number of hydrogen-bond donors (Lipinski definition) is 1. The first-order valence-electron chi connectivity index (χ1n) is 5.81. The van der Waals surface area contributed by atoms with Crippen molar-refractivity contribution < 1.29 is 5.11 Å². The molecule has 0 saturated heterocycles. The van der Waals surface area contributed by atoms with Gasteiger partial charge in [0.05, 0.1) is 15.8 Å². The van der Waals surface area contributed by atoms with Gasteiger partial charge in [0.2, 0.25) is 0 Å². The van der Waals surface area contributed by atoms with E-state index in [4.69, 9.17) is 0 Å². The van der Waals surface area contributed by atoms with Crippen molar-refractivity contribution in [1.82, 2.24) is 4.98 Å². The number of phenols is 1. The van der Waals surface area contributed by atoms with Crippen molar-refractivity contribution >= 4 is 21.6 Å². The fourth-order valence-corrected chi connectivity index (χ4v) is 3.07. The Morgan fingerprint density at radius 3 is 2.78 bits per heavy atom. The molecule has 0 bridgehead atoms. The number of fused-ring (bicyclic) bond motifs is 1. The van der Waals surface area contributed by atoms with E-state index in [9.17, 15) is 5.11 Å². The van der Waals surface area contributed by atoms with Crippen molar-refractivity contribution in [2.45, 2.75) is 13.8 Å². The third-order valence-corrected chi connectivity index (χ3v) is 4.06. The van der Waals surface area contributed by atoms with Crippen molar-refractivity contribution in [3.63, 3.8) is 0 Å². The zero-order valence-electron chi connectivity index (χ0n) is 10.3. The summed E-state index contributed by atoms with van der Waals surface area (Å²) in [5.74, 6) is 0.327. The Morgan fingerprint density at radius 2 is 1.94 bits per heavy atom. The summed E-state index contributed by atoms with van der Waals surface area (Å²) in [6.07, 6.45) is 0. The SMILES string of the molecule is Cc1ccc2nc(-c3cccc(C)c3O)sc2c1. The minimum Gasteiger partial charge on any atom is -0.507 e. The zero-order chi connectivity index (χ0) is 12.7. The van der Waals surface area contributed by atoms with Crippen molar-refractivity contribution in [2.24, 2.45) is 0 Å². The van der Waals surface area contributed by atoms with Crippen molar-refractivity contribution in [1.29, 1.82) is 0 Å². The van der Waals surface area contributed by atoms with E-state index in [1.807, 2.05) is 31.2 Å². The van der Waals surface area contributed by atoms with Crippen molar-refractivity contribution in [2.75, 3.05) is 0 Å². The van der Waals surface area contributed by atoms with Gasteiger partial charge in [-0.05, 0) is 43.2 Å². The van der Waals surface area contributed by atoms with Crippen LogP contribution in [-0.2, 0) is 0 Å². The molecule has 0 unspecified atom stereocenters. The normalized spacial score (nSPS) is 11.0. The van der Waals surface area contributed by atoms with Crippen LogP contribution < -0.4 is 0 Å². The van der Waals surface area contributed by atoms with Crippen LogP contribution in [0.15, 0.2) is 36.4 Å². The summed E-state index contributed by atoms with van der Waals surface area (Å²) in [6, 6.07) is 12.0. The number of benzene rings is 2. The molecule has 1 heterocycles. The number of nitrogens with zero attached hydrogens (tertiary/aromatic N) is 1. The van der Waals surface area contributed by atoms with Gasteiger partial charge in [0.15, 0.2) is 0 Å². The maximum Gasteiger partial charge on any atom is 0.128 e. The Balaban J connectivity index is 2.22. The van der Waals surface area contributed by atoms with Gasteiger partial charge in [-0.3, -0.25) is 0 Å². The molecule has 0 aliphatic heterocycles. The Labute approximate surface area is 110 Å². The molecule has 0 radical (unpaired) electrons. The molecule has 0 saturated carbocycles. The van der Waals surface area contributed by atoms with E-state index in [0.29, 0.717) is 5.75 Å². The lowest BCUT2D eigenvalue weighted by Gasteiger charge is -2.02. The van der Waals surface area contributed by atoms with Gasteiger partial charge in [-0.15, -0.1) is 11.3 Å². The molecule has 2 aromatic carbocycles. The van der Waals surface area contributed by atoms with Crippen LogP contribution in [0.3, 0.4) is 0 Å². The summed E-state index contributed by atoms with van der Waals surface area (Å²) in [7, 11) is 0. The zero-order valence-corrected chi connectivity index (χ0v) is 11.1. The third kappa shape index (κ3) is 1.77. The minimum absolute atomic E-state index is 0.327. The van der Waals surface area contributed by atoms with Crippen molar-refractivity contribution in [3.8, 4) is 16.3 Å². The highest BCUT2D eigenvalue weighted by molar-refractivity contribution is 7.21. The lowest BCUT2D eigenvalue weighted by molar-refractivity contribution is 0.473. The number of rotatable bonds is 1. The average molecular weight is 255 g/mol. The van der Waals surface area contributed by atoms with E-state index < -0.39 is 0 Å². The van der Waals surface area contributed by atoms with Crippen LogP contribution in [0.25, 0.3) is 20.8 Å². The molecule has 3 rings (SSSR count). The average Bonchev–Trinajstić information content (AvgIpc) is 2.75. The second-order valence-corrected chi connectivity index (χ2v) is 5.49. The molecule has 0 aliphatic carbocycles. The fourth-order valence-electron chi connectivity index (χ4n) is 1.98. The first-order valence-corrected chi connectivity index (χ1v) is 6.63. The van der Waals surface area contributed by atoms with Gasteiger partial charge in [0, 0.05) is 0 Å². The standard InChI is InChI=1S/C15H13NOS/c1-9-6-7-12-13(8-9)18-15(16-12)11-5-3-4-10(2)14(11)17/h3-8,17H,1-2H3. The van der Waals surface area contributed by atoms with Gasteiger partial charge in [0.1, 0.15) is 10.8 Å². The van der Waals surface area contributed by atoms with Gasteiger partial charge in [-0.25, -0.2) is 4.98 Å². The monoisotopic (exact) mass is 255 g/mol. The van der Waals surface area contributed by atoms with E-state index in [2.05, 4.69) is 24.0 Å². The number of para-hydroxylation sites is 1. The molecule has 3 aromatic rings. The van der Waals surface area contributed by atoms with Gasteiger partial charge in [-0.2, -0.15) is 0 Å². The van der Waals surface area contributed by atoms with Crippen LogP contribution in [0.4, 0.5) is 0 Å². The van der Waals surface area contributed by atoms with E-state index in [-0.39, 0.29) is 0 Å². The highest BCUT2D eigenvalue weighted by Crippen LogP contribution is 2.36. The molecule has 0 atom stereocenters. The maximum atomic E-state index is 10.1. The maximum absolute atomic E-state index is 10.1. The van der Waals surface area contributed by atoms with Crippen LogP contribution in [-0.4, -0.2) is 10.1 Å². The number of aromatic nitrogens is 1. The molecule has 2 nitrogen and oxygen atoms in total. The summed E-state index contributed by atoms with van der Waals surface area (Å²) in [5, 5.41) is 11.0. The summed E-state index contributed by atoms with van der Waals surface area (Å²) in [4.78, 5) is 4.58. The number of phenolic OH excluding ortho intramolecular Hbond substituents is 1. The molecular weight excluding hydrogens is 242 g/mol. The van der Waals surface area contributed by atoms with E-state index in [1.54, 1.807) is 11.3 Å². The summed E-state index contributed by atoms with van der Waals surface area (Å²) in [5.41, 5.74) is 3.91. The molecule has 0 fully saturated rings. The predicted molar refractivity (Wildman–Crippen MR) is 76.2 cm³/mol. The first-order chi connectivity index (χ1) is 8.65. The van der Waals surface area contributed by atoms with Gasteiger partial charge in [0.25, 0.3) is 0 Å². The second kappa shape index (κ2) is 4.10. The van der Waals surface area contributed by atoms with Crippen LogP contribution in [0.1, 0.15) is 11.1 Å². The lowest BCUT2D eigenvalue weighted by atomic mass is 10.1. The Morgan fingerprint density at radius 1 is 1.11 bits per heavy atom. The Hall–Kier alpha value is -1.87. The molecule has 18 heavy (non-hydrogen) atoms. The largest absolute Gasteiger partial charge is 0.507 e. The van der Waals surface area contributed by atoms with E-state index in [1.165, 1.54) is 5.56 Å². The highest BCUT2D eigenvalue weighted by Gasteiger charge is 2.11. The lowest BCUT2D eigenvalue weighted by Crippen LogP contribution is -1.80. The second-order valence-electron chi connectivity index (χ2n) is 4.46. The fraction of sp³-hybridized carbons (Fsp3) is 0.133. The van der Waals surface area contributed by atoms with Gasteiger partial charge < -0.3 is 5.11 Å². The Bertz CT molecular complexity index is 730. The molecule has 0 spiro atoms. The molecule has 3 heteroatoms. The minimum atomic E-state index is 0.327. The van der Waals surface area contributed by atoms with Gasteiger partial charge >= 0.3 is 0 Å². The van der Waals surface area contributed by atoms with Crippen LogP contribution in [0, 0.1) is 13.8 Å². The molecule has 1 N–H and O–H groups in total. The van der Waals surface area contributed by atoms with E-state index >= 15 is 0 Å². The highest BCUT2D eigenvalue weighted by atomic mass is 32.1. The summed E-state index contributed by atoms with van der Waals surface area (Å²) >= 11 is 1.62. The van der Waals surface area contributed by atoms with Crippen molar-refractivity contribution in [3.05, 3.63) is 47.5 Å². The topological polar surface area (TPSA) is 33.1 Å².